The highest BCUT2D eigenvalue weighted by Gasteiger charge is 2.34. The summed E-state index contributed by atoms with van der Waals surface area (Å²) in [5.41, 5.74) is 0.851. The number of carbonyl (C=O) groups excluding carboxylic acids is 1. The highest BCUT2D eigenvalue weighted by molar-refractivity contribution is 9.10. The van der Waals surface area contributed by atoms with Gasteiger partial charge in [0.15, 0.2) is 5.17 Å². The second-order valence-corrected chi connectivity index (χ2v) is 9.06. The SMILES string of the molecule is C=CCN1C(=O)/C(=C/c2ccccc2)SC1=NS(=O)(=O)c1ccc(Br)cc1. The van der Waals surface area contributed by atoms with Crippen molar-refractivity contribution < 1.29 is 13.2 Å². The van der Waals surface area contributed by atoms with Gasteiger partial charge in [-0.1, -0.05) is 52.3 Å². The summed E-state index contributed by atoms with van der Waals surface area (Å²) in [6.07, 6.45) is 3.25. The molecule has 2 aromatic rings. The molecule has 0 aromatic heterocycles. The molecular weight excluding hydrogens is 448 g/mol. The highest BCUT2D eigenvalue weighted by Crippen LogP contribution is 2.33. The quantitative estimate of drug-likeness (QED) is 0.490. The van der Waals surface area contributed by atoms with E-state index >= 15 is 0 Å². The molecule has 2 aromatic carbocycles. The lowest BCUT2D eigenvalue weighted by Crippen LogP contribution is -2.29. The van der Waals surface area contributed by atoms with Gasteiger partial charge in [-0.2, -0.15) is 8.42 Å². The van der Waals surface area contributed by atoms with Gasteiger partial charge in [0.1, 0.15) is 0 Å². The van der Waals surface area contributed by atoms with Gasteiger partial charge in [-0.05, 0) is 47.7 Å². The third-order valence-corrected chi connectivity index (χ3v) is 6.54. The average Bonchev–Trinajstić information content (AvgIpc) is 2.91. The van der Waals surface area contributed by atoms with Gasteiger partial charge in [0, 0.05) is 11.0 Å². The fraction of sp³-hybridized carbons (Fsp3) is 0.0526. The molecule has 0 aliphatic carbocycles. The van der Waals surface area contributed by atoms with Crippen molar-refractivity contribution in [1.82, 2.24) is 4.90 Å². The Labute approximate surface area is 170 Å². The first kappa shape index (κ1) is 19.6. The Kier molecular flexibility index (Phi) is 5.98. The molecule has 1 aliphatic heterocycles. The number of nitrogens with zero attached hydrogens (tertiary/aromatic N) is 2. The monoisotopic (exact) mass is 462 g/mol. The maximum Gasteiger partial charge on any atom is 0.284 e. The van der Waals surface area contributed by atoms with Crippen LogP contribution in [-0.2, 0) is 14.8 Å². The number of hydrogen-bond donors (Lipinski definition) is 0. The molecule has 138 valence electrons. The molecule has 0 atom stereocenters. The van der Waals surface area contributed by atoms with Gasteiger partial charge < -0.3 is 0 Å². The van der Waals surface area contributed by atoms with E-state index in [2.05, 4.69) is 26.9 Å². The van der Waals surface area contributed by atoms with Crippen molar-refractivity contribution in [1.29, 1.82) is 0 Å². The number of carbonyl (C=O) groups is 1. The molecule has 0 saturated carbocycles. The molecule has 1 heterocycles. The van der Waals surface area contributed by atoms with E-state index in [1.807, 2.05) is 30.3 Å². The highest BCUT2D eigenvalue weighted by atomic mass is 79.9. The summed E-state index contributed by atoms with van der Waals surface area (Å²) < 4.78 is 29.9. The molecular formula is C19H15BrN2O3S2. The first-order valence-corrected chi connectivity index (χ1v) is 10.9. The molecule has 27 heavy (non-hydrogen) atoms. The fourth-order valence-electron chi connectivity index (χ4n) is 2.33. The van der Waals surface area contributed by atoms with E-state index in [-0.39, 0.29) is 22.5 Å². The lowest BCUT2D eigenvalue weighted by Gasteiger charge is -2.12. The van der Waals surface area contributed by atoms with E-state index in [1.54, 1.807) is 18.2 Å². The summed E-state index contributed by atoms with van der Waals surface area (Å²) in [5.74, 6) is -0.298. The van der Waals surface area contributed by atoms with Gasteiger partial charge in [-0.15, -0.1) is 11.0 Å². The van der Waals surface area contributed by atoms with Crippen LogP contribution in [-0.4, -0.2) is 30.9 Å². The minimum atomic E-state index is -3.94. The standard InChI is InChI=1S/C19H15BrN2O3S2/c1-2-12-22-18(23)17(13-14-6-4-3-5-7-14)26-19(22)21-27(24,25)16-10-8-15(20)9-11-16/h2-11,13H,1,12H2/b17-13-,21-19?. The topological polar surface area (TPSA) is 66.8 Å². The number of sulfonamides is 1. The van der Waals surface area contributed by atoms with E-state index in [0.29, 0.717) is 4.91 Å². The first-order valence-electron chi connectivity index (χ1n) is 7.88. The van der Waals surface area contributed by atoms with Crippen LogP contribution in [0.15, 0.2) is 85.9 Å². The Hall–Kier alpha value is -2.16. The van der Waals surface area contributed by atoms with Gasteiger partial charge in [-0.25, -0.2) is 0 Å². The van der Waals surface area contributed by atoms with Crippen LogP contribution in [0.1, 0.15) is 5.56 Å². The number of amidine groups is 1. The number of benzene rings is 2. The molecule has 0 spiro atoms. The largest absolute Gasteiger partial charge is 0.284 e. The molecule has 1 saturated heterocycles. The van der Waals surface area contributed by atoms with E-state index in [0.717, 1.165) is 21.8 Å². The van der Waals surface area contributed by atoms with Gasteiger partial charge in [0.05, 0.1) is 9.80 Å². The molecule has 5 nitrogen and oxygen atoms in total. The maximum absolute atomic E-state index is 12.7. The summed E-state index contributed by atoms with van der Waals surface area (Å²) in [6, 6.07) is 15.5. The van der Waals surface area contributed by atoms with Crippen molar-refractivity contribution in [3.63, 3.8) is 0 Å². The Morgan fingerprint density at radius 1 is 1.11 bits per heavy atom. The zero-order valence-electron chi connectivity index (χ0n) is 14.1. The predicted octanol–water partition coefficient (Wildman–Crippen LogP) is 4.30. The summed E-state index contributed by atoms with van der Waals surface area (Å²) in [6.45, 7) is 3.81. The van der Waals surface area contributed by atoms with Crippen molar-refractivity contribution >= 4 is 54.9 Å². The second kappa shape index (κ2) is 8.24. The van der Waals surface area contributed by atoms with Crippen molar-refractivity contribution in [3.8, 4) is 0 Å². The van der Waals surface area contributed by atoms with Crippen LogP contribution in [0.3, 0.4) is 0 Å². The molecule has 0 radical (unpaired) electrons. The zero-order chi connectivity index (χ0) is 19.4. The molecule has 1 fully saturated rings. The Balaban J connectivity index is 1.99. The molecule has 1 aliphatic rings. The Morgan fingerprint density at radius 3 is 2.41 bits per heavy atom. The average molecular weight is 463 g/mol. The minimum Gasteiger partial charge on any atom is -0.282 e. The van der Waals surface area contributed by atoms with E-state index < -0.39 is 10.0 Å². The zero-order valence-corrected chi connectivity index (χ0v) is 17.3. The second-order valence-electron chi connectivity index (χ2n) is 5.53. The molecule has 1 amide bonds. The predicted molar refractivity (Wildman–Crippen MR) is 113 cm³/mol. The number of thioether (sulfide) groups is 1. The molecule has 3 rings (SSSR count). The van der Waals surface area contributed by atoms with Crippen LogP contribution < -0.4 is 0 Å². The van der Waals surface area contributed by atoms with Crippen molar-refractivity contribution in [3.05, 3.63) is 82.2 Å². The van der Waals surface area contributed by atoms with Crippen LogP contribution in [0, 0.1) is 0 Å². The summed E-state index contributed by atoms with van der Waals surface area (Å²) in [5, 5.41) is 0.116. The van der Waals surface area contributed by atoms with Crippen molar-refractivity contribution in [2.45, 2.75) is 4.90 Å². The minimum absolute atomic E-state index is 0.0605. The number of halogens is 1. The summed E-state index contributed by atoms with van der Waals surface area (Å²) in [7, 11) is -3.94. The molecule has 0 N–H and O–H groups in total. The summed E-state index contributed by atoms with van der Waals surface area (Å²) >= 11 is 4.31. The third-order valence-electron chi connectivity index (χ3n) is 3.61. The molecule has 0 unspecified atom stereocenters. The van der Waals surface area contributed by atoms with Crippen LogP contribution in [0.2, 0.25) is 0 Å². The maximum atomic E-state index is 12.7. The first-order chi connectivity index (χ1) is 12.9. The lowest BCUT2D eigenvalue weighted by molar-refractivity contribution is -0.121. The van der Waals surface area contributed by atoms with Gasteiger partial charge >= 0.3 is 0 Å². The normalized spacial score (nSPS) is 17.7. The van der Waals surface area contributed by atoms with Crippen molar-refractivity contribution in [2.24, 2.45) is 4.40 Å². The van der Waals surface area contributed by atoms with E-state index in [9.17, 15) is 13.2 Å². The van der Waals surface area contributed by atoms with Crippen LogP contribution in [0.4, 0.5) is 0 Å². The number of rotatable bonds is 5. The lowest BCUT2D eigenvalue weighted by atomic mass is 10.2. The van der Waals surface area contributed by atoms with Gasteiger partial charge in [-0.3, -0.25) is 9.69 Å². The van der Waals surface area contributed by atoms with E-state index in [4.69, 9.17) is 0 Å². The third kappa shape index (κ3) is 4.58. The van der Waals surface area contributed by atoms with Crippen LogP contribution in [0.5, 0.6) is 0 Å². The summed E-state index contributed by atoms with van der Waals surface area (Å²) in [4.78, 5) is 14.5. The number of hydrogen-bond acceptors (Lipinski definition) is 4. The molecule has 8 heteroatoms. The number of amides is 1. The smallest absolute Gasteiger partial charge is 0.282 e. The fourth-order valence-corrected chi connectivity index (χ4v) is 4.78. The van der Waals surface area contributed by atoms with Crippen molar-refractivity contribution in [2.75, 3.05) is 6.54 Å². The molecule has 0 bridgehead atoms. The van der Waals surface area contributed by atoms with E-state index in [1.165, 1.54) is 23.1 Å². The Bertz CT molecular complexity index is 1030. The van der Waals surface area contributed by atoms with Crippen LogP contribution in [0.25, 0.3) is 6.08 Å². The van der Waals surface area contributed by atoms with Crippen LogP contribution >= 0.6 is 27.7 Å². The van der Waals surface area contributed by atoms with Gasteiger partial charge in [0.2, 0.25) is 0 Å². The Morgan fingerprint density at radius 2 is 1.78 bits per heavy atom. The van der Waals surface area contributed by atoms with Gasteiger partial charge in [0.25, 0.3) is 15.9 Å².